The zero-order valence-electron chi connectivity index (χ0n) is 14.3. The first-order chi connectivity index (χ1) is 12.8. The van der Waals surface area contributed by atoms with Gasteiger partial charge >= 0.3 is 0 Å². The van der Waals surface area contributed by atoms with E-state index >= 15 is 0 Å². The first-order valence-electron chi connectivity index (χ1n) is 8.58. The molecule has 26 heavy (non-hydrogen) atoms. The summed E-state index contributed by atoms with van der Waals surface area (Å²) in [5.41, 5.74) is 1.59. The fourth-order valence-electron chi connectivity index (χ4n) is 3.11. The highest BCUT2D eigenvalue weighted by Gasteiger charge is 2.30. The van der Waals surface area contributed by atoms with E-state index in [9.17, 15) is 4.39 Å². The molecule has 1 aromatic heterocycles. The molecule has 2 aliphatic rings. The SMILES string of the molecule is Fc1cccc(N2C(Nc3cccnc3)=CC=NC2N2CCOCC2)c1. The average molecular weight is 353 g/mol. The summed E-state index contributed by atoms with van der Waals surface area (Å²) in [5.74, 6) is 0.536. The standard InChI is InChI=1S/C19H20FN5O/c20-15-3-1-5-17(13-15)25-18(23-16-4-2-7-21-14-16)6-8-22-19(25)24-9-11-26-12-10-24/h1-8,13-14,19,23H,9-12H2. The molecule has 134 valence electrons. The molecule has 7 heteroatoms. The molecule has 0 amide bonds. The number of nitrogens with zero attached hydrogens (tertiary/aromatic N) is 4. The number of anilines is 2. The lowest BCUT2D eigenvalue weighted by atomic mass is 10.2. The van der Waals surface area contributed by atoms with Crippen LogP contribution in [0.1, 0.15) is 0 Å². The van der Waals surface area contributed by atoms with Gasteiger partial charge in [-0.25, -0.2) is 4.39 Å². The van der Waals surface area contributed by atoms with Crippen LogP contribution in [-0.2, 0) is 4.74 Å². The Hall–Kier alpha value is -2.77. The van der Waals surface area contributed by atoms with Gasteiger partial charge in [0.15, 0.2) is 6.29 Å². The van der Waals surface area contributed by atoms with E-state index in [1.807, 2.05) is 29.2 Å². The molecule has 1 aromatic carbocycles. The van der Waals surface area contributed by atoms with Crippen molar-refractivity contribution >= 4 is 17.6 Å². The van der Waals surface area contributed by atoms with Crippen LogP contribution in [0, 0.1) is 5.82 Å². The number of aliphatic imine (C=N–C) groups is 1. The van der Waals surface area contributed by atoms with Crippen LogP contribution in [0.5, 0.6) is 0 Å². The molecular formula is C19H20FN5O. The molecule has 0 bridgehead atoms. The highest BCUT2D eigenvalue weighted by atomic mass is 19.1. The van der Waals surface area contributed by atoms with Crippen molar-refractivity contribution in [3.8, 4) is 0 Å². The maximum Gasteiger partial charge on any atom is 0.184 e. The molecule has 2 aliphatic heterocycles. The zero-order valence-corrected chi connectivity index (χ0v) is 14.3. The summed E-state index contributed by atoms with van der Waals surface area (Å²) in [6, 6.07) is 10.4. The van der Waals surface area contributed by atoms with E-state index in [0.29, 0.717) is 13.2 Å². The molecule has 1 N–H and O–H groups in total. The Labute approximate surface area is 151 Å². The number of allylic oxidation sites excluding steroid dienone is 1. The predicted molar refractivity (Wildman–Crippen MR) is 99.5 cm³/mol. The van der Waals surface area contributed by atoms with Crippen molar-refractivity contribution in [2.75, 3.05) is 36.5 Å². The summed E-state index contributed by atoms with van der Waals surface area (Å²) >= 11 is 0. The Morgan fingerprint density at radius 1 is 1.15 bits per heavy atom. The molecule has 1 unspecified atom stereocenters. The Morgan fingerprint density at radius 2 is 2.04 bits per heavy atom. The van der Waals surface area contributed by atoms with E-state index in [0.717, 1.165) is 30.3 Å². The third-order valence-corrected chi connectivity index (χ3v) is 4.33. The number of aromatic nitrogens is 1. The maximum absolute atomic E-state index is 13.9. The van der Waals surface area contributed by atoms with Gasteiger partial charge in [-0.2, -0.15) is 0 Å². The summed E-state index contributed by atoms with van der Waals surface area (Å²) in [6.45, 7) is 2.87. The minimum absolute atomic E-state index is 0.259. The van der Waals surface area contributed by atoms with Crippen LogP contribution in [-0.4, -0.2) is 48.7 Å². The normalized spacial score (nSPS) is 20.7. The summed E-state index contributed by atoms with van der Waals surface area (Å²) < 4.78 is 19.4. The lowest BCUT2D eigenvalue weighted by Crippen LogP contribution is -2.53. The van der Waals surface area contributed by atoms with Gasteiger partial charge in [0.2, 0.25) is 0 Å². The van der Waals surface area contributed by atoms with Gasteiger partial charge in [-0.3, -0.25) is 19.8 Å². The molecule has 4 rings (SSSR count). The number of benzene rings is 1. The van der Waals surface area contributed by atoms with Crippen molar-refractivity contribution in [2.24, 2.45) is 4.99 Å². The summed E-state index contributed by atoms with van der Waals surface area (Å²) in [4.78, 5) is 13.0. The smallest absolute Gasteiger partial charge is 0.184 e. The number of halogens is 1. The quantitative estimate of drug-likeness (QED) is 0.916. The molecule has 3 heterocycles. The monoisotopic (exact) mass is 353 g/mol. The molecule has 0 radical (unpaired) electrons. The molecule has 2 aromatic rings. The third-order valence-electron chi connectivity index (χ3n) is 4.33. The number of morpholine rings is 1. The molecule has 0 spiro atoms. The summed E-state index contributed by atoms with van der Waals surface area (Å²) in [5, 5.41) is 3.37. The summed E-state index contributed by atoms with van der Waals surface area (Å²) in [7, 11) is 0. The van der Waals surface area contributed by atoms with Crippen molar-refractivity contribution in [3.05, 3.63) is 66.5 Å². The van der Waals surface area contributed by atoms with Gasteiger partial charge in [-0.15, -0.1) is 0 Å². The second-order valence-corrected chi connectivity index (χ2v) is 6.06. The fourth-order valence-corrected chi connectivity index (χ4v) is 3.11. The number of pyridine rings is 1. The lowest BCUT2D eigenvalue weighted by molar-refractivity contribution is 0.0189. The van der Waals surface area contributed by atoms with E-state index < -0.39 is 0 Å². The van der Waals surface area contributed by atoms with Crippen LogP contribution in [0.25, 0.3) is 0 Å². The Bertz CT molecular complexity index is 805. The van der Waals surface area contributed by atoms with Gasteiger partial charge in [0.25, 0.3) is 0 Å². The number of hydrogen-bond acceptors (Lipinski definition) is 6. The van der Waals surface area contributed by atoms with Gasteiger partial charge < -0.3 is 10.1 Å². The minimum Gasteiger partial charge on any atom is -0.379 e. The first kappa shape index (κ1) is 16.7. The Morgan fingerprint density at radius 3 is 2.81 bits per heavy atom. The van der Waals surface area contributed by atoms with Crippen LogP contribution < -0.4 is 10.2 Å². The van der Waals surface area contributed by atoms with Gasteiger partial charge in [-0.1, -0.05) is 6.07 Å². The van der Waals surface area contributed by atoms with Crippen molar-refractivity contribution in [1.29, 1.82) is 0 Å². The van der Waals surface area contributed by atoms with Gasteiger partial charge in [0, 0.05) is 31.2 Å². The Kier molecular flexibility index (Phi) is 4.90. The highest BCUT2D eigenvalue weighted by molar-refractivity contribution is 5.78. The van der Waals surface area contributed by atoms with Gasteiger partial charge in [0.1, 0.15) is 11.6 Å². The molecule has 1 atom stereocenters. The second-order valence-electron chi connectivity index (χ2n) is 6.06. The van der Waals surface area contributed by atoms with E-state index in [4.69, 9.17) is 4.74 Å². The molecule has 0 saturated carbocycles. The van der Waals surface area contributed by atoms with Gasteiger partial charge in [-0.05, 0) is 36.4 Å². The average Bonchev–Trinajstić information content (AvgIpc) is 2.69. The van der Waals surface area contributed by atoms with Crippen molar-refractivity contribution in [3.63, 3.8) is 0 Å². The van der Waals surface area contributed by atoms with Crippen molar-refractivity contribution < 1.29 is 9.13 Å². The third kappa shape index (κ3) is 3.58. The number of ether oxygens (including phenoxy) is 1. The largest absolute Gasteiger partial charge is 0.379 e. The molecule has 0 aliphatic carbocycles. The van der Waals surface area contributed by atoms with Crippen LogP contribution in [0.15, 0.2) is 65.7 Å². The van der Waals surface area contributed by atoms with E-state index in [1.165, 1.54) is 12.1 Å². The lowest BCUT2D eigenvalue weighted by Gasteiger charge is -2.42. The molecule has 1 saturated heterocycles. The first-order valence-corrected chi connectivity index (χ1v) is 8.58. The fraction of sp³-hybridized carbons (Fsp3) is 0.263. The topological polar surface area (TPSA) is 53.0 Å². The van der Waals surface area contributed by atoms with Crippen LogP contribution >= 0.6 is 0 Å². The van der Waals surface area contributed by atoms with Crippen LogP contribution in [0.2, 0.25) is 0 Å². The van der Waals surface area contributed by atoms with E-state index in [2.05, 4.69) is 20.2 Å². The van der Waals surface area contributed by atoms with Crippen LogP contribution in [0.4, 0.5) is 15.8 Å². The predicted octanol–water partition coefficient (Wildman–Crippen LogP) is 2.68. The van der Waals surface area contributed by atoms with E-state index in [-0.39, 0.29) is 12.1 Å². The number of nitrogens with one attached hydrogen (secondary N) is 1. The number of hydrogen-bond donors (Lipinski definition) is 1. The Balaban J connectivity index is 1.68. The van der Waals surface area contributed by atoms with Gasteiger partial charge in [0.05, 0.1) is 25.1 Å². The molecular weight excluding hydrogens is 333 g/mol. The van der Waals surface area contributed by atoms with E-state index in [1.54, 1.807) is 24.7 Å². The maximum atomic E-state index is 13.9. The van der Waals surface area contributed by atoms with Crippen molar-refractivity contribution in [1.82, 2.24) is 9.88 Å². The number of rotatable bonds is 4. The highest BCUT2D eigenvalue weighted by Crippen LogP contribution is 2.28. The van der Waals surface area contributed by atoms with Crippen molar-refractivity contribution in [2.45, 2.75) is 6.29 Å². The second kappa shape index (κ2) is 7.63. The summed E-state index contributed by atoms with van der Waals surface area (Å²) in [6.07, 6.45) is 6.89. The molecule has 6 nitrogen and oxygen atoms in total. The molecule has 1 fully saturated rings. The zero-order chi connectivity index (χ0) is 17.8. The minimum atomic E-state index is -0.279. The van der Waals surface area contributed by atoms with Crippen LogP contribution in [0.3, 0.4) is 0 Å².